The number of anilines is 1. The SMILES string of the molecule is CC(C)c1ccc(NC(=O)N(CCO)CC(F)F)cc1F. The average Bonchev–Trinajstić information content (AvgIpc) is 2.37. The zero-order chi connectivity index (χ0) is 16.0. The van der Waals surface area contributed by atoms with Gasteiger partial charge in [-0.3, -0.25) is 0 Å². The van der Waals surface area contributed by atoms with E-state index in [9.17, 15) is 18.0 Å². The number of amides is 2. The zero-order valence-corrected chi connectivity index (χ0v) is 11.9. The van der Waals surface area contributed by atoms with Gasteiger partial charge in [-0.05, 0) is 23.6 Å². The Bertz CT molecular complexity index is 481. The van der Waals surface area contributed by atoms with Crippen molar-refractivity contribution in [2.45, 2.75) is 26.2 Å². The number of benzene rings is 1. The summed E-state index contributed by atoms with van der Waals surface area (Å²) in [7, 11) is 0. The number of nitrogens with zero attached hydrogens (tertiary/aromatic N) is 1. The highest BCUT2D eigenvalue weighted by atomic mass is 19.3. The Hall–Kier alpha value is -1.76. The Labute approximate surface area is 121 Å². The Morgan fingerprint density at radius 2 is 2.05 bits per heavy atom. The Morgan fingerprint density at radius 1 is 1.38 bits per heavy atom. The Balaban J connectivity index is 2.79. The van der Waals surface area contributed by atoms with Crippen molar-refractivity contribution in [1.82, 2.24) is 4.90 Å². The van der Waals surface area contributed by atoms with E-state index in [4.69, 9.17) is 5.11 Å². The molecule has 4 nitrogen and oxygen atoms in total. The monoisotopic (exact) mass is 304 g/mol. The van der Waals surface area contributed by atoms with E-state index in [1.54, 1.807) is 6.07 Å². The standard InChI is InChI=1S/C14H19F3N2O2/c1-9(2)11-4-3-10(7-12(11)15)18-14(21)19(5-6-20)8-13(16)17/h3-4,7,9,13,20H,5-6,8H2,1-2H3,(H,18,21). The van der Waals surface area contributed by atoms with Crippen LogP contribution in [0, 0.1) is 5.82 Å². The van der Waals surface area contributed by atoms with Gasteiger partial charge in [-0.2, -0.15) is 0 Å². The fourth-order valence-corrected chi connectivity index (χ4v) is 1.84. The lowest BCUT2D eigenvalue weighted by atomic mass is 10.0. The highest BCUT2D eigenvalue weighted by molar-refractivity contribution is 5.89. The second kappa shape index (κ2) is 7.87. The van der Waals surface area contributed by atoms with Crippen molar-refractivity contribution in [1.29, 1.82) is 0 Å². The highest BCUT2D eigenvalue weighted by Gasteiger charge is 2.18. The van der Waals surface area contributed by atoms with Gasteiger partial charge in [0.15, 0.2) is 0 Å². The normalized spacial score (nSPS) is 11.0. The molecule has 1 rings (SSSR count). The number of carbonyl (C=O) groups is 1. The molecule has 2 amide bonds. The van der Waals surface area contributed by atoms with Gasteiger partial charge < -0.3 is 15.3 Å². The van der Waals surface area contributed by atoms with Crippen LogP contribution in [-0.2, 0) is 0 Å². The lowest BCUT2D eigenvalue weighted by molar-refractivity contribution is 0.0943. The van der Waals surface area contributed by atoms with Crippen LogP contribution in [0.2, 0.25) is 0 Å². The van der Waals surface area contributed by atoms with E-state index < -0.39 is 31.4 Å². The van der Waals surface area contributed by atoms with Crippen LogP contribution in [0.3, 0.4) is 0 Å². The summed E-state index contributed by atoms with van der Waals surface area (Å²) in [5, 5.41) is 11.1. The fourth-order valence-electron chi connectivity index (χ4n) is 1.84. The molecule has 0 radical (unpaired) electrons. The lowest BCUT2D eigenvalue weighted by Crippen LogP contribution is -2.40. The van der Waals surface area contributed by atoms with Crippen molar-refractivity contribution < 1.29 is 23.1 Å². The molecule has 0 aromatic heterocycles. The van der Waals surface area contributed by atoms with Crippen molar-refractivity contribution in [3.05, 3.63) is 29.6 Å². The van der Waals surface area contributed by atoms with Crippen molar-refractivity contribution in [2.24, 2.45) is 0 Å². The maximum absolute atomic E-state index is 13.8. The number of halogens is 3. The molecule has 0 saturated carbocycles. The van der Waals surface area contributed by atoms with Crippen molar-refractivity contribution in [3.8, 4) is 0 Å². The smallest absolute Gasteiger partial charge is 0.322 e. The van der Waals surface area contributed by atoms with Gasteiger partial charge in [0.2, 0.25) is 0 Å². The fraction of sp³-hybridized carbons (Fsp3) is 0.500. The number of aliphatic hydroxyl groups excluding tert-OH is 1. The number of aliphatic hydroxyl groups is 1. The van der Waals surface area contributed by atoms with Gasteiger partial charge in [-0.25, -0.2) is 18.0 Å². The molecule has 0 fully saturated rings. The zero-order valence-electron chi connectivity index (χ0n) is 11.9. The highest BCUT2D eigenvalue weighted by Crippen LogP contribution is 2.21. The molecule has 0 saturated heterocycles. The van der Waals surface area contributed by atoms with Gasteiger partial charge in [-0.15, -0.1) is 0 Å². The van der Waals surface area contributed by atoms with Gasteiger partial charge in [0.1, 0.15) is 5.82 Å². The van der Waals surface area contributed by atoms with Gasteiger partial charge >= 0.3 is 6.03 Å². The largest absolute Gasteiger partial charge is 0.395 e. The van der Waals surface area contributed by atoms with E-state index in [1.807, 2.05) is 13.8 Å². The van der Waals surface area contributed by atoms with Gasteiger partial charge in [-0.1, -0.05) is 19.9 Å². The maximum atomic E-state index is 13.8. The predicted octanol–water partition coefficient (Wildman–Crippen LogP) is 3.04. The molecule has 118 valence electrons. The molecule has 0 spiro atoms. The van der Waals surface area contributed by atoms with Gasteiger partial charge in [0, 0.05) is 12.2 Å². The first-order chi connectivity index (χ1) is 9.85. The van der Waals surface area contributed by atoms with E-state index in [-0.39, 0.29) is 18.2 Å². The first kappa shape index (κ1) is 17.3. The summed E-state index contributed by atoms with van der Waals surface area (Å²) in [4.78, 5) is 12.6. The second-order valence-electron chi connectivity index (χ2n) is 4.88. The molecule has 0 unspecified atom stereocenters. The van der Waals surface area contributed by atoms with Crippen molar-refractivity contribution in [2.75, 3.05) is 25.0 Å². The molecule has 7 heteroatoms. The number of urea groups is 1. The quantitative estimate of drug-likeness (QED) is 0.848. The molecule has 0 aliphatic rings. The first-order valence-electron chi connectivity index (χ1n) is 6.59. The second-order valence-corrected chi connectivity index (χ2v) is 4.88. The van der Waals surface area contributed by atoms with Gasteiger partial charge in [0.25, 0.3) is 6.43 Å². The van der Waals surface area contributed by atoms with E-state index in [2.05, 4.69) is 5.32 Å². The molecular formula is C14H19F3N2O2. The van der Waals surface area contributed by atoms with Crippen molar-refractivity contribution in [3.63, 3.8) is 0 Å². The predicted molar refractivity (Wildman–Crippen MR) is 74.2 cm³/mol. The number of hydrogen-bond acceptors (Lipinski definition) is 2. The summed E-state index contributed by atoms with van der Waals surface area (Å²) >= 11 is 0. The van der Waals surface area contributed by atoms with E-state index in [0.717, 1.165) is 11.0 Å². The van der Waals surface area contributed by atoms with Crippen LogP contribution in [0.1, 0.15) is 25.3 Å². The summed E-state index contributed by atoms with van der Waals surface area (Å²) in [6.45, 7) is 2.23. The summed E-state index contributed by atoms with van der Waals surface area (Å²) < 4.78 is 38.5. The minimum Gasteiger partial charge on any atom is -0.395 e. The summed E-state index contributed by atoms with van der Waals surface area (Å²) in [6, 6.07) is 3.39. The van der Waals surface area contributed by atoms with Crippen LogP contribution in [0.25, 0.3) is 0 Å². The van der Waals surface area contributed by atoms with E-state index >= 15 is 0 Å². The molecule has 1 aromatic rings. The van der Waals surface area contributed by atoms with Crippen molar-refractivity contribution >= 4 is 11.7 Å². The minimum absolute atomic E-state index is 0.000488. The summed E-state index contributed by atoms with van der Waals surface area (Å²) in [5.41, 5.74) is 0.687. The molecular weight excluding hydrogens is 285 g/mol. The van der Waals surface area contributed by atoms with Crippen LogP contribution in [0.5, 0.6) is 0 Å². The number of nitrogens with one attached hydrogen (secondary N) is 1. The van der Waals surface area contributed by atoms with Crippen LogP contribution in [-0.4, -0.2) is 42.2 Å². The minimum atomic E-state index is -2.71. The number of hydrogen-bond donors (Lipinski definition) is 2. The molecule has 0 aliphatic carbocycles. The lowest BCUT2D eigenvalue weighted by Gasteiger charge is -2.22. The molecule has 21 heavy (non-hydrogen) atoms. The number of carbonyl (C=O) groups excluding carboxylic acids is 1. The molecule has 1 aromatic carbocycles. The topological polar surface area (TPSA) is 52.6 Å². The third-order valence-electron chi connectivity index (χ3n) is 2.89. The molecule has 0 heterocycles. The number of rotatable bonds is 6. The number of alkyl halides is 2. The Kier molecular flexibility index (Phi) is 6.48. The summed E-state index contributed by atoms with van der Waals surface area (Å²) in [6.07, 6.45) is -2.71. The average molecular weight is 304 g/mol. The van der Waals surface area contributed by atoms with Crippen LogP contribution in [0.15, 0.2) is 18.2 Å². The van der Waals surface area contributed by atoms with E-state index in [0.29, 0.717) is 5.56 Å². The van der Waals surface area contributed by atoms with Crippen LogP contribution < -0.4 is 5.32 Å². The van der Waals surface area contributed by atoms with Crippen LogP contribution in [0.4, 0.5) is 23.7 Å². The third kappa shape index (κ3) is 5.26. The molecule has 0 bridgehead atoms. The van der Waals surface area contributed by atoms with Crippen LogP contribution >= 0.6 is 0 Å². The molecule has 2 N–H and O–H groups in total. The first-order valence-corrected chi connectivity index (χ1v) is 6.59. The molecule has 0 atom stereocenters. The van der Waals surface area contributed by atoms with Gasteiger partial charge in [0.05, 0.1) is 13.2 Å². The summed E-state index contributed by atoms with van der Waals surface area (Å²) in [5.74, 6) is -0.468. The molecule has 0 aliphatic heterocycles. The maximum Gasteiger partial charge on any atom is 0.322 e. The van der Waals surface area contributed by atoms with E-state index in [1.165, 1.54) is 6.07 Å². The Morgan fingerprint density at radius 3 is 2.52 bits per heavy atom. The third-order valence-corrected chi connectivity index (χ3v) is 2.89.